The molecule has 0 N–H and O–H groups in total. The molecule has 5 rings (SSSR count). The number of amides is 1. The van der Waals surface area contributed by atoms with Gasteiger partial charge in [0.15, 0.2) is 0 Å². The minimum atomic E-state index is 0.220. The zero-order valence-corrected chi connectivity index (χ0v) is 14.7. The van der Waals surface area contributed by atoms with E-state index < -0.39 is 0 Å². The Kier molecular flexibility index (Phi) is 3.46. The van der Waals surface area contributed by atoms with Crippen LogP contribution in [0.2, 0.25) is 0 Å². The van der Waals surface area contributed by atoms with Crippen LogP contribution in [0.4, 0.5) is 0 Å². The second-order valence-electron chi connectivity index (χ2n) is 7.93. The van der Waals surface area contributed by atoms with E-state index in [9.17, 15) is 4.79 Å². The molecule has 0 aromatic heterocycles. The number of benzene rings is 2. The summed E-state index contributed by atoms with van der Waals surface area (Å²) in [4.78, 5) is 16.8. The smallest absolute Gasteiger partial charge is 0.227 e. The van der Waals surface area contributed by atoms with Crippen LogP contribution in [0.5, 0.6) is 0 Å². The summed E-state index contributed by atoms with van der Waals surface area (Å²) >= 11 is 0. The number of rotatable bonds is 2. The molecule has 2 aliphatic heterocycles. The SMILES string of the molecule is CN1CC[C@@H]2CN(Cc3ccc4c(c3)Cc3ccccc3-4)C[C@@H]2C1=O. The zero-order chi connectivity index (χ0) is 17.0. The first-order valence-electron chi connectivity index (χ1n) is 9.36. The molecule has 2 heterocycles. The Bertz CT molecular complexity index is 844. The van der Waals surface area contributed by atoms with Crippen LogP contribution in [-0.2, 0) is 17.8 Å². The molecule has 25 heavy (non-hydrogen) atoms. The molecule has 1 amide bonds. The molecule has 3 heteroatoms. The van der Waals surface area contributed by atoms with Crippen molar-refractivity contribution >= 4 is 5.91 Å². The largest absolute Gasteiger partial charge is 0.345 e. The van der Waals surface area contributed by atoms with Crippen LogP contribution in [0.15, 0.2) is 42.5 Å². The molecule has 3 nitrogen and oxygen atoms in total. The van der Waals surface area contributed by atoms with E-state index in [2.05, 4.69) is 47.4 Å². The van der Waals surface area contributed by atoms with E-state index in [1.165, 1.54) is 27.8 Å². The second-order valence-corrected chi connectivity index (χ2v) is 7.93. The fourth-order valence-electron chi connectivity index (χ4n) is 4.97. The van der Waals surface area contributed by atoms with Crippen molar-refractivity contribution in [2.45, 2.75) is 19.4 Å². The highest BCUT2D eigenvalue weighted by molar-refractivity contribution is 5.80. The summed E-state index contributed by atoms with van der Waals surface area (Å²) in [6, 6.07) is 15.7. The molecule has 0 radical (unpaired) electrons. The quantitative estimate of drug-likeness (QED) is 0.720. The van der Waals surface area contributed by atoms with Gasteiger partial charge in [0.05, 0.1) is 5.92 Å². The maximum Gasteiger partial charge on any atom is 0.227 e. The Morgan fingerprint density at radius 3 is 2.80 bits per heavy atom. The normalized spacial score (nSPS) is 25.0. The third-order valence-corrected chi connectivity index (χ3v) is 6.31. The molecule has 2 saturated heterocycles. The minimum Gasteiger partial charge on any atom is -0.345 e. The predicted octanol–water partition coefficient (Wildman–Crippen LogP) is 3.17. The topological polar surface area (TPSA) is 23.6 Å². The Balaban J connectivity index is 1.33. The molecule has 3 aliphatic rings. The van der Waals surface area contributed by atoms with Crippen molar-refractivity contribution in [1.29, 1.82) is 0 Å². The Labute approximate surface area is 149 Å². The molecule has 0 unspecified atom stereocenters. The van der Waals surface area contributed by atoms with Crippen molar-refractivity contribution in [2.75, 3.05) is 26.7 Å². The standard InChI is InChI=1S/C22H24N2O/c1-23-9-8-17-13-24(14-21(17)22(23)25)12-15-6-7-20-18(10-15)11-16-4-2-3-5-19(16)20/h2-7,10,17,21H,8-9,11-14H2,1H3/t17-,21+/m1/s1. The van der Waals surface area contributed by atoms with Crippen molar-refractivity contribution in [1.82, 2.24) is 9.80 Å². The summed E-state index contributed by atoms with van der Waals surface area (Å²) in [6.45, 7) is 3.88. The lowest BCUT2D eigenvalue weighted by molar-refractivity contribution is -0.137. The average Bonchev–Trinajstić information content (AvgIpc) is 3.19. The Morgan fingerprint density at radius 1 is 1.04 bits per heavy atom. The van der Waals surface area contributed by atoms with Gasteiger partial charge in [-0.2, -0.15) is 0 Å². The summed E-state index contributed by atoms with van der Waals surface area (Å²) in [5.41, 5.74) is 7.06. The van der Waals surface area contributed by atoms with Gasteiger partial charge in [-0.05, 0) is 46.6 Å². The van der Waals surface area contributed by atoms with Gasteiger partial charge in [-0.25, -0.2) is 0 Å². The fourth-order valence-corrected chi connectivity index (χ4v) is 4.97. The van der Waals surface area contributed by atoms with E-state index >= 15 is 0 Å². The van der Waals surface area contributed by atoms with Crippen LogP contribution < -0.4 is 0 Å². The van der Waals surface area contributed by atoms with E-state index in [1.807, 2.05) is 11.9 Å². The summed E-state index contributed by atoms with van der Waals surface area (Å²) in [6.07, 6.45) is 2.21. The van der Waals surface area contributed by atoms with Crippen molar-refractivity contribution in [3.05, 3.63) is 59.2 Å². The summed E-state index contributed by atoms with van der Waals surface area (Å²) < 4.78 is 0. The number of carbonyl (C=O) groups is 1. The van der Waals surface area contributed by atoms with Gasteiger partial charge in [-0.1, -0.05) is 42.5 Å². The van der Waals surface area contributed by atoms with E-state index in [1.54, 1.807) is 0 Å². The number of hydrogen-bond acceptors (Lipinski definition) is 2. The molecule has 2 atom stereocenters. The van der Waals surface area contributed by atoms with Crippen LogP contribution in [0, 0.1) is 11.8 Å². The highest BCUT2D eigenvalue weighted by Gasteiger charge is 2.41. The van der Waals surface area contributed by atoms with Crippen molar-refractivity contribution < 1.29 is 4.79 Å². The summed E-state index contributed by atoms with van der Waals surface area (Å²) in [7, 11) is 1.94. The Hall–Kier alpha value is -2.13. The highest BCUT2D eigenvalue weighted by atomic mass is 16.2. The second kappa shape index (κ2) is 5.70. The number of piperidine rings is 1. The first-order chi connectivity index (χ1) is 12.2. The molecule has 2 aromatic rings. The van der Waals surface area contributed by atoms with Gasteiger partial charge in [0.25, 0.3) is 0 Å². The van der Waals surface area contributed by atoms with Crippen molar-refractivity contribution in [3.8, 4) is 11.1 Å². The monoisotopic (exact) mass is 332 g/mol. The van der Waals surface area contributed by atoms with Crippen LogP contribution in [0.1, 0.15) is 23.1 Å². The zero-order valence-electron chi connectivity index (χ0n) is 14.7. The van der Waals surface area contributed by atoms with E-state index in [0.29, 0.717) is 11.8 Å². The third-order valence-electron chi connectivity index (χ3n) is 6.31. The van der Waals surface area contributed by atoms with E-state index in [-0.39, 0.29) is 5.92 Å². The highest BCUT2D eigenvalue weighted by Crippen LogP contribution is 2.37. The van der Waals surface area contributed by atoms with Gasteiger partial charge < -0.3 is 4.90 Å². The molecule has 0 saturated carbocycles. The first-order valence-corrected chi connectivity index (χ1v) is 9.36. The fraction of sp³-hybridized carbons (Fsp3) is 0.409. The third kappa shape index (κ3) is 2.49. The molecule has 128 valence electrons. The maximum absolute atomic E-state index is 12.4. The first kappa shape index (κ1) is 15.2. The molecule has 2 aromatic carbocycles. The number of fused-ring (bicyclic) bond motifs is 4. The van der Waals surface area contributed by atoms with Gasteiger partial charge in [-0.15, -0.1) is 0 Å². The Morgan fingerprint density at radius 2 is 1.88 bits per heavy atom. The van der Waals surface area contributed by atoms with Crippen molar-refractivity contribution in [3.63, 3.8) is 0 Å². The summed E-state index contributed by atoms with van der Waals surface area (Å²) in [5.74, 6) is 1.13. The molecule has 0 bridgehead atoms. The van der Waals surface area contributed by atoms with Crippen LogP contribution in [0.25, 0.3) is 11.1 Å². The lowest BCUT2D eigenvalue weighted by Crippen LogP contribution is -2.42. The lowest BCUT2D eigenvalue weighted by atomic mass is 9.88. The maximum atomic E-state index is 12.4. The van der Waals surface area contributed by atoms with Crippen LogP contribution in [0.3, 0.4) is 0 Å². The average molecular weight is 332 g/mol. The molecular weight excluding hydrogens is 308 g/mol. The predicted molar refractivity (Wildman–Crippen MR) is 99.2 cm³/mol. The van der Waals surface area contributed by atoms with Gasteiger partial charge in [0.1, 0.15) is 0 Å². The number of carbonyl (C=O) groups excluding carboxylic acids is 1. The van der Waals surface area contributed by atoms with Crippen LogP contribution in [-0.4, -0.2) is 42.4 Å². The van der Waals surface area contributed by atoms with Gasteiger partial charge in [0.2, 0.25) is 5.91 Å². The summed E-state index contributed by atoms with van der Waals surface area (Å²) in [5, 5.41) is 0. The minimum absolute atomic E-state index is 0.220. The van der Waals surface area contributed by atoms with E-state index in [0.717, 1.165) is 39.0 Å². The molecule has 0 spiro atoms. The van der Waals surface area contributed by atoms with Gasteiger partial charge in [0, 0.05) is 33.2 Å². The van der Waals surface area contributed by atoms with Gasteiger partial charge in [-0.3, -0.25) is 9.69 Å². The number of nitrogens with zero attached hydrogens (tertiary/aromatic N) is 2. The molecular formula is C22H24N2O. The molecule has 1 aliphatic carbocycles. The van der Waals surface area contributed by atoms with Crippen LogP contribution >= 0.6 is 0 Å². The van der Waals surface area contributed by atoms with Gasteiger partial charge >= 0.3 is 0 Å². The molecule has 2 fully saturated rings. The number of hydrogen-bond donors (Lipinski definition) is 0. The van der Waals surface area contributed by atoms with Crippen molar-refractivity contribution in [2.24, 2.45) is 11.8 Å². The lowest BCUT2D eigenvalue weighted by Gasteiger charge is -2.30. The number of likely N-dealkylation sites (tertiary alicyclic amines) is 2. The van der Waals surface area contributed by atoms with E-state index in [4.69, 9.17) is 0 Å².